The first-order valence-electron chi connectivity index (χ1n) is 7.97. The summed E-state index contributed by atoms with van der Waals surface area (Å²) < 4.78 is 16.2. The molecule has 9 heteroatoms. The van der Waals surface area contributed by atoms with Gasteiger partial charge in [0.2, 0.25) is 11.8 Å². The molecular weight excluding hydrogens is 336 g/mol. The minimum atomic E-state index is -0.315. The molecule has 2 rings (SSSR count). The fourth-order valence-electron chi connectivity index (χ4n) is 2.18. The summed E-state index contributed by atoms with van der Waals surface area (Å²) in [4.78, 5) is 18.2. The lowest BCUT2D eigenvalue weighted by atomic mass is 10.2. The van der Waals surface area contributed by atoms with Crippen LogP contribution in [0.2, 0.25) is 0 Å². The number of rotatable bonds is 7. The number of carbonyl (C=O) groups excluding carboxylic acids is 1. The number of amides is 1. The number of aromatic nitrogens is 2. The van der Waals surface area contributed by atoms with Gasteiger partial charge in [-0.25, -0.2) is 0 Å². The van der Waals surface area contributed by atoms with Crippen LogP contribution in [0.1, 0.15) is 38.6 Å². The van der Waals surface area contributed by atoms with Gasteiger partial charge in [0.15, 0.2) is 5.82 Å². The highest BCUT2D eigenvalue weighted by Gasteiger charge is 2.25. The maximum atomic E-state index is 12.3. The monoisotopic (exact) mass is 362 g/mol. The third-order valence-corrected chi connectivity index (χ3v) is 3.50. The van der Waals surface area contributed by atoms with Crippen LogP contribution >= 0.6 is 12.4 Å². The second-order valence-electron chi connectivity index (χ2n) is 6.19. The summed E-state index contributed by atoms with van der Waals surface area (Å²) in [6, 6.07) is -0.315. The van der Waals surface area contributed by atoms with Gasteiger partial charge in [-0.3, -0.25) is 4.79 Å². The Kier molecular flexibility index (Phi) is 8.61. The highest BCUT2D eigenvalue weighted by atomic mass is 35.5. The lowest BCUT2D eigenvalue weighted by Gasteiger charge is -2.26. The van der Waals surface area contributed by atoms with Crippen LogP contribution < -0.4 is 5.32 Å². The Hall–Kier alpha value is -1.22. The molecule has 8 nitrogen and oxygen atoms in total. The lowest BCUT2D eigenvalue weighted by Crippen LogP contribution is -2.51. The zero-order valence-corrected chi connectivity index (χ0v) is 15.5. The molecule has 1 amide bonds. The van der Waals surface area contributed by atoms with Crippen molar-refractivity contribution in [3.8, 4) is 0 Å². The first-order chi connectivity index (χ1) is 11.0. The van der Waals surface area contributed by atoms with Crippen LogP contribution in [-0.2, 0) is 20.8 Å². The molecule has 0 spiro atoms. The van der Waals surface area contributed by atoms with E-state index in [0.29, 0.717) is 44.0 Å². The average molecular weight is 363 g/mol. The van der Waals surface area contributed by atoms with Gasteiger partial charge in [0, 0.05) is 20.2 Å². The highest BCUT2D eigenvalue weighted by Crippen LogP contribution is 2.15. The van der Waals surface area contributed by atoms with Gasteiger partial charge in [0.1, 0.15) is 12.1 Å². The predicted octanol–water partition coefficient (Wildman–Crippen LogP) is 1.17. The molecule has 138 valence electrons. The molecule has 1 saturated heterocycles. The maximum Gasteiger partial charge on any atom is 0.246 e. The summed E-state index contributed by atoms with van der Waals surface area (Å²) in [5.41, 5.74) is 0. The van der Waals surface area contributed by atoms with Gasteiger partial charge in [-0.15, -0.1) is 12.4 Å². The van der Waals surface area contributed by atoms with E-state index < -0.39 is 0 Å². The molecule has 2 atom stereocenters. The van der Waals surface area contributed by atoms with Gasteiger partial charge < -0.3 is 24.2 Å². The van der Waals surface area contributed by atoms with Gasteiger partial charge in [-0.2, -0.15) is 4.98 Å². The maximum absolute atomic E-state index is 12.3. The van der Waals surface area contributed by atoms with E-state index in [-0.39, 0.29) is 37.0 Å². The van der Waals surface area contributed by atoms with Crippen molar-refractivity contribution in [1.82, 2.24) is 20.4 Å². The third kappa shape index (κ3) is 6.01. The number of hydrogen-bond acceptors (Lipinski definition) is 7. The Bertz CT molecular complexity index is 505. The normalized spacial score (nSPS) is 19.0. The molecule has 0 bridgehead atoms. The summed E-state index contributed by atoms with van der Waals surface area (Å²) in [7, 11) is 1.71. The third-order valence-electron chi connectivity index (χ3n) is 3.50. The van der Waals surface area contributed by atoms with E-state index in [1.54, 1.807) is 11.9 Å². The minimum absolute atomic E-state index is 0. The summed E-state index contributed by atoms with van der Waals surface area (Å²) in [5, 5.41) is 7.06. The number of carbonyl (C=O) groups is 1. The van der Waals surface area contributed by atoms with Crippen LogP contribution in [0.3, 0.4) is 0 Å². The quantitative estimate of drug-likeness (QED) is 0.778. The zero-order valence-electron chi connectivity index (χ0n) is 14.7. The number of hydrogen-bond donors (Lipinski definition) is 1. The van der Waals surface area contributed by atoms with E-state index in [1.807, 2.05) is 6.92 Å². The Labute approximate surface area is 148 Å². The van der Waals surface area contributed by atoms with E-state index in [4.69, 9.17) is 14.0 Å². The smallest absolute Gasteiger partial charge is 0.246 e. The molecule has 0 radical (unpaired) electrons. The molecule has 1 aliphatic rings. The summed E-state index contributed by atoms with van der Waals surface area (Å²) in [6.45, 7) is 8.65. The fraction of sp³-hybridized carbons (Fsp3) is 0.800. The largest absolute Gasteiger partial charge is 0.378 e. The van der Waals surface area contributed by atoms with Crippen molar-refractivity contribution in [2.75, 3.05) is 33.4 Å². The van der Waals surface area contributed by atoms with Crippen LogP contribution in [0.15, 0.2) is 4.52 Å². The van der Waals surface area contributed by atoms with Gasteiger partial charge in [-0.1, -0.05) is 19.0 Å². The summed E-state index contributed by atoms with van der Waals surface area (Å²) in [5.74, 6) is 1.29. The van der Waals surface area contributed by atoms with E-state index in [2.05, 4.69) is 29.3 Å². The van der Waals surface area contributed by atoms with E-state index in [1.165, 1.54) is 0 Å². The number of halogens is 1. The van der Waals surface area contributed by atoms with Gasteiger partial charge in [0.25, 0.3) is 0 Å². The van der Waals surface area contributed by atoms with E-state index in [9.17, 15) is 4.79 Å². The molecule has 1 aromatic rings. The van der Waals surface area contributed by atoms with Gasteiger partial charge >= 0.3 is 0 Å². The second kappa shape index (κ2) is 9.93. The molecular formula is C15H27ClN4O4. The number of likely N-dealkylation sites (N-methyl/N-ethyl adjacent to an activating group) is 1. The van der Waals surface area contributed by atoms with E-state index in [0.717, 1.165) is 0 Å². The van der Waals surface area contributed by atoms with Crippen molar-refractivity contribution in [2.45, 2.75) is 39.5 Å². The van der Waals surface area contributed by atoms with Gasteiger partial charge in [0.05, 0.1) is 19.8 Å². The zero-order chi connectivity index (χ0) is 16.8. The number of morpholine rings is 1. The SMILES string of the molecule is CC(C)COC(C)c1noc(CN(C)C(=O)C2COCCN2)n1.Cl. The summed E-state index contributed by atoms with van der Waals surface area (Å²) in [6.07, 6.45) is -0.232. The molecule has 0 saturated carbocycles. The number of nitrogens with zero attached hydrogens (tertiary/aromatic N) is 3. The van der Waals surface area contributed by atoms with Crippen LogP contribution in [0.5, 0.6) is 0 Å². The van der Waals surface area contributed by atoms with Crippen molar-refractivity contribution in [1.29, 1.82) is 0 Å². The lowest BCUT2D eigenvalue weighted by molar-refractivity contribution is -0.135. The second-order valence-corrected chi connectivity index (χ2v) is 6.19. The van der Waals surface area contributed by atoms with E-state index >= 15 is 0 Å². The Morgan fingerprint density at radius 3 is 2.83 bits per heavy atom. The molecule has 1 aliphatic heterocycles. The Morgan fingerprint density at radius 2 is 2.21 bits per heavy atom. The van der Waals surface area contributed by atoms with Crippen LogP contribution in [-0.4, -0.2) is 60.4 Å². The van der Waals surface area contributed by atoms with Crippen molar-refractivity contribution in [3.63, 3.8) is 0 Å². The number of ether oxygens (including phenoxy) is 2. The Balaban J connectivity index is 0.00000288. The van der Waals surface area contributed by atoms with Crippen molar-refractivity contribution in [3.05, 3.63) is 11.7 Å². The van der Waals surface area contributed by atoms with Crippen molar-refractivity contribution < 1.29 is 18.8 Å². The molecule has 1 aromatic heterocycles. The predicted molar refractivity (Wildman–Crippen MR) is 89.8 cm³/mol. The Morgan fingerprint density at radius 1 is 1.46 bits per heavy atom. The molecule has 1 N–H and O–H groups in total. The number of nitrogens with one attached hydrogen (secondary N) is 1. The minimum Gasteiger partial charge on any atom is -0.378 e. The fourth-order valence-corrected chi connectivity index (χ4v) is 2.18. The van der Waals surface area contributed by atoms with Gasteiger partial charge in [-0.05, 0) is 12.8 Å². The molecule has 2 heterocycles. The topological polar surface area (TPSA) is 89.7 Å². The van der Waals surface area contributed by atoms with Crippen LogP contribution in [0.25, 0.3) is 0 Å². The standard InChI is InChI=1S/C15H26N4O4.ClH/c1-10(2)8-22-11(3)14-17-13(23-18-14)7-19(4)15(20)12-9-21-6-5-16-12;/h10-12,16H,5-9H2,1-4H3;1H. The molecule has 0 aliphatic carbocycles. The van der Waals surface area contributed by atoms with Crippen LogP contribution in [0, 0.1) is 5.92 Å². The molecule has 0 aromatic carbocycles. The molecule has 2 unspecified atom stereocenters. The first kappa shape index (κ1) is 20.8. The van der Waals surface area contributed by atoms with Crippen molar-refractivity contribution in [2.24, 2.45) is 5.92 Å². The highest BCUT2D eigenvalue weighted by molar-refractivity contribution is 5.85. The summed E-state index contributed by atoms with van der Waals surface area (Å²) >= 11 is 0. The average Bonchev–Trinajstić information content (AvgIpc) is 3.01. The van der Waals surface area contributed by atoms with Crippen molar-refractivity contribution >= 4 is 18.3 Å². The van der Waals surface area contributed by atoms with Crippen LogP contribution in [0.4, 0.5) is 0 Å². The molecule has 1 fully saturated rings. The first-order valence-corrected chi connectivity index (χ1v) is 7.97. The molecule has 24 heavy (non-hydrogen) atoms.